The largest absolute Gasteiger partial charge is 0.368 e. The number of aryl methyl sites for hydroxylation is 1. The summed E-state index contributed by atoms with van der Waals surface area (Å²) in [7, 11) is 0. The molecule has 0 amide bonds. The third-order valence-electron chi connectivity index (χ3n) is 2.92. The molecule has 0 aliphatic heterocycles. The average molecular weight is 241 g/mol. The zero-order chi connectivity index (χ0) is 13.3. The van der Waals surface area contributed by atoms with Gasteiger partial charge in [0.2, 0.25) is 5.95 Å². The molecule has 1 aromatic carbocycles. The average Bonchev–Trinajstić information content (AvgIpc) is 2.27. The summed E-state index contributed by atoms with van der Waals surface area (Å²) >= 11 is 0. The number of benzene rings is 1. The highest BCUT2D eigenvalue weighted by Crippen LogP contribution is 2.25. The summed E-state index contributed by atoms with van der Waals surface area (Å²) < 4.78 is 0. The van der Waals surface area contributed by atoms with Crippen molar-refractivity contribution in [3.63, 3.8) is 0 Å². The lowest BCUT2D eigenvalue weighted by Gasteiger charge is -2.19. The van der Waals surface area contributed by atoms with Crippen molar-refractivity contribution in [3.05, 3.63) is 41.6 Å². The second-order valence-electron chi connectivity index (χ2n) is 5.58. The Kier molecular flexibility index (Phi) is 3.07. The van der Waals surface area contributed by atoms with Crippen LogP contribution in [0.2, 0.25) is 0 Å². The van der Waals surface area contributed by atoms with Crippen LogP contribution in [0.5, 0.6) is 0 Å². The Balaban J connectivity index is 2.40. The molecular weight excluding hydrogens is 222 g/mol. The van der Waals surface area contributed by atoms with Crippen molar-refractivity contribution in [1.29, 1.82) is 0 Å². The highest BCUT2D eigenvalue weighted by molar-refractivity contribution is 5.61. The topological polar surface area (TPSA) is 51.8 Å². The summed E-state index contributed by atoms with van der Waals surface area (Å²) in [6, 6.07) is 10.4. The molecule has 94 valence electrons. The molecule has 0 spiro atoms. The van der Waals surface area contributed by atoms with E-state index in [1.165, 1.54) is 5.56 Å². The zero-order valence-electron chi connectivity index (χ0n) is 11.4. The van der Waals surface area contributed by atoms with Crippen molar-refractivity contribution >= 4 is 5.95 Å². The third kappa shape index (κ3) is 2.67. The molecule has 0 aliphatic rings. The van der Waals surface area contributed by atoms with Crippen molar-refractivity contribution in [3.8, 4) is 11.3 Å². The Bertz CT molecular complexity index is 531. The van der Waals surface area contributed by atoms with E-state index in [9.17, 15) is 0 Å². The SMILES string of the molecule is Cc1cc(-c2ccc(C(C)(C)C)cc2)nc(N)n1. The molecule has 2 aromatic rings. The Morgan fingerprint density at radius 1 is 1.00 bits per heavy atom. The van der Waals surface area contributed by atoms with Crippen LogP contribution in [0.15, 0.2) is 30.3 Å². The fourth-order valence-electron chi connectivity index (χ4n) is 1.88. The first-order valence-electron chi connectivity index (χ1n) is 6.08. The highest BCUT2D eigenvalue weighted by atomic mass is 15.0. The van der Waals surface area contributed by atoms with Crippen molar-refractivity contribution in [2.75, 3.05) is 5.73 Å². The van der Waals surface area contributed by atoms with Crippen molar-refractivity contribution < 1.29 is 0 Å². The minimum absolute atomic E-state index is 0.166. The number of rotatable bonds is 1. The predicted molar refractivity (Wildman–Crippen MR) is 75.3 cm³/mol. The summed E-state index contributed by atoms with van der Waals surface area (Å²) in [5.41, 5.74) is 9.98. The number of nitrogen functional groups attached to an aromatic ring is 1. The molecule has 0 atom stereocenters. The van der Waals surface area contributed by atoms with Crippen LogP contribution in [0.4, 0.5) is 5.95 Å². The molecule has 0 fully saturated rings. The standard InChI is InChI=1S/C15H19N3/c1-10-9-13(18-14(16)17-10)11-5-7-12(8-6-11)15(2,3)4/h5-9H,1-4H3,(H2,16,17,18). The Labute approximate surface area is 108 Å². The molecule has 0 saturated heterocycles. The van der Waals surface area contributed by atoms with Gasteiger partial charge < -0.3 is 5.73 Å². The van der Waals surface area contributed by atoms with Crippen molar-refractivity contribution in [2.45, 2.75) is 33.1 Å². The lowest BCUT2D eigenvalue weighted by atomic mass is 9.86. The van der Waals surface area contributed by atoms with Crippen LogP contribution in [0.25, 0.3) is 11.3 Å². The van der Waals surface area contributed by atoms with Crippen LogP contribution >= 0.6 is 0 Å². The summed E-state index contributed by atoms with van der Waals surface area (Å²) in [6.45, 7) is 8.53. The maximum absolute atomic E-state index is 5.67. The minimum Gasteiger partial charge on any atom is -0.368 e. The van der Waals surface area contributed by atoms with Gasteiger partial charge in [0.15, 0.2) is 0 Å². The van der Waals surface area contributed by atoms with Crippen LogP contribution < -0.4 is 5.73 Å². The van der Waals surface area contributed by atoms with Crippen LogP contribution in [0.3, 0.4) is 0 Å². The first kappa shape index (κ1) is 12.6. The van der Waals surface area contributed by atoms with Gasteiger partial charge in [-0.25, -0.2) is 9.97 Å². The number of aromatic nitrogens is 2. The summed E-state index contributed by atoms with van der Waals surface area (Å²) in [5, 5.41) is 0. The predicted octanol–water partition coefficient (Wildman–Crippen LogP) is 3.33. The van der Waals surface area contributed by atoms with Crippen molar-refractivity contribution in [2.24, 2.45) is 0 Å². The quantitative estimate of drug-likeness (QED) is 0.833. The van der Waals surface area contributed by atoms with Gasteiger partial charge >= 0.3 is 0 Å². The smallest absolute Gasteiger partial charge is 0.220 e. The summed E-state index contributed by atoms with van der Waals surface area (Å²) in [5.74, 6) is 0.324. The van der Waals surface area contributed by atoms with E-state index in [2.05, 4.69) is 55.0 Å². The van der Waals surface area contributed by atoms with E-state index >= 15 is 0 Å². The Hall–Kier alpha value is -1.90. The Morgan fingerprint density at radius 2 is 1.61 bits per heavy atom. The Morgan fingerprint density at radius 3 is 2.11 bits per heavy atom. The first-order valence-corrected chi connectivity index (χ1v) is 6.08. The minimum atomic E-state index is 0.166. The molecule has 2 rings (SSSR count). The normalized spacial score (nSPS) is 11.6. The number of anilines is 1. The number of hydrogen-bond acceptors (Lipinski definition) is 3. The molecule has 1 heterocycles. The van der Waals surface area contributed by atoms with Crippen LogP contribution in [-0.4, -0.2) is 9.97 Å². The monoisotopic (exact) mass is 241 g/mol. The third-order valence-corrected chi connectivity index (χ3v) is 2.92. The summed E-state index contributed by atoms with van der Waals surface area (Å²) in [4.78, 5) is 8.35. The van der Waals surface area contributed by atoms with E-state index in [1.54, 1.807) is 0 Å². The number of nitrogens with zero attached hydrogens (tertiary/aromatic N) is 2. The molecule has 0 bridgehead atoms. The van der Waals surface area contributed by atoms with Gasteiger partial charge in [0, 0.05) is 11.3 Å². The summed E-state index contributed by atoms with van der Waals surface area (Å²) in [6.07, 6.45) is 0. The molecule has 0 saturated carbocycles. The van der Waals surface area contributed by atoms with Crippen molar-refractivity contribution in [1.82, 2.24) is 9.97 Å². The molecule has 18 heavy (non-hydrogen) atoms. The molecule has 0 unspecified atom stereocenters. The van der Waals surface area contributed by atoms with Gasteiger partial charge in [0.1, 0.15) is 0 Å². The van der Waals surface area contributed by atoms with Gasteiger partial charge in [0.25, 0.3) is 0 Å². The first-order chi connectivity index (χ1) is 8.36. The van der Waals surface area contributed by atoms with E-state index in [0.717, 1.165) is 17.0 Å². The molecule has 3 heteroatoms. The lowest BCUT2D eigenvalue weighted by Crippen LogP contribution is -2.10. The van der Waals surface area contributed by atoms with E-state index < -0.39 is 0 Å². The number of hydrogen-bond donors (Lipinski definition) is 1. The molecule has 1 aromatic heterocycles. The fourth-order valence-corrected chi connectivity index (χ4v) is 1.88. The molecule has 0 aliphatic carbocycles. The van der Waals surface area contributed by atoms with Crippen LogP contribution in [0, 0.1) is 6.92 Å². The van der Waals surface area contributed by atoms with E-state index in [4.69, 9.17) is 5.73 Å². The zero-order valence-corrected chi connectivity index (χ0v) is 11.4. The van der Waals surface area contributed by atoms with Gasteiger partial charge in [-0.05, 0) is 24.0 Å². The lowest BCUT2D eigenvalue weighted by molar-refractivity contribution is 0.590. The molecule has 2 N–H and O–H groups in total. The molecule has 3 nitrogen and oxygen atoms in total. The highest BCUT2D eigenvalue weighted by Gasteiger charge is 2.13. The maximum Gasteiger partial charge on any atom is 0.220 e. The van der Waals surface area contributed by atoms with E-state index in [0.29, 0.717) is 5.95 Å². The van der Waals surface area contributed by atoms with Gasteiger partial charge in [0.05, 0.1) is 5.69 Å². The van der Waals surface area contributed by atoms with Crippen LogP contribution in [0.1, 0.15) is 32.0 Å². The molecular formula is C15H19N3. The fraction of sp³-hybridized carbons (Fsp3) is 0.333. The molecule has 0 radical (unpaired) electrons. The van der Waals surface area contributed by atoms with Gasteiger partial charge in [-0.2, -0.15) is 0 Å². The van der Waals surface area contributed by atoms with E-state index in [-0.39, 0.29) is 5.41 Å². The maximum atomic E-state index is 5.67. The second-order valence-corrected chi connectivity index (χ2v) is 5.58. The second kappa shape index (κ2) is 4.41. The van der Waals surface area contributed by atoms with Gasteiger partial charge in [-0.15, -0.1) is 0 Å². The number of nitrogens with two attached hydrogens (primary N) is 1. The van der Waals surface area contributed by atoms with E-state index in [1.807, 2.05) is 13.0 Å². The van der Waals surface area contributed by atoms with Crippen LogP contribution in [-0.2, 0) is 5.41 Å². The van der Waals surface area contributed by atoms with Gasteiger partial charge in [-0.1, -0.05) is 45.0 Å². The van der Waals surface area contributed by atoms with Gasteiger partial charge in [-0.3, -0.25) is 0 Å².